The molecule has 96 valence electrons. The number of β-amino-alcohol motifs (C(OH)–C–C–N with tert-alkyl or cyclic N) is 1. The van der Waals surface area contributed by atoms with Gasteiger partial charge in [-0.3, -0.25) is 0 Å². The Kier molecular flexibility index (Phi) is 4.37. The van der Waals surface area contributed by atoms with Crippen LogP contribution in [0.5, 0.6) is 0 Å². The van der Waals surface area contributed by atoms with Gasteiger partial charge >= 0.3 is 0 Å². The summed E-state index contributed by atoms with van der Waals surface area (Å²) in [6, 6.07) is 0. The Morgan fingerprint density at radius 1 is 1.38 bits per heavy atom. The summed E-state index contributed by atoms with van der Waals surface area (Å²) in [4.78, 5) is 0. The van der Waals surface area contributed by atoms with Crippen molar-refractivity contribution in [3.05, 3.63) is 0 Å². The van der Waals surface area contributed by atoms with Crippen molar-refractivity contribution in [2.75, 3.05) is 18.8 Å². The van der Waals surface area contributed by atoms with E-state index >= 15 is 0 Å². The average molecular weight is 249 g/mol. The minimum atomic E-state index is -3.13. The Hall–Kier alpha value is -0.130. The van der Waals surface area contributed by atoms with E-state index in [1.54, 1.807) is 0 Å². The van der Waals surface area contributed by atoms with Gasteiger partial charge < -0.3 is 5.11 Å². The molecular formula is C11H23NO3S. The van der Waals surface area contributed by atoms with Gasteiger partial charge in [-0.25, -0.2) is 8.42 Å². The lowest BCUT2D eigenvalue weighted by Gasteiger charge is -2.45. The highest BCUT2D eigenvalue weighted by Gasteiger charge is 2.45. The molecule has 0 aromatic carbocycles. The largest absolute Gasteiger partial charge is 0.387 e. The molecule has 0 aromatic rings. The van der Waals surface area contributed by atoms with E-state index < -0.39 is 15.6 Å². The molecule has 0 amide bonds. The molecule has 0 unspecified atom stereocenters. The van der Waals surface area contributed by atoms with Crippen molar-refractivity contribution in [1.82, 2.24) is 4.31 Å². The quantitative estimate of drug-likeness (QED) is 0.770. The Balaban J connectivity index is 2.44. The smallest absolute Gasteiger partial charge is 0.214 e. The molecule has 1 fully saturated rings. The van der Waals surface area contributed by atoms with Crippen molar-refractivity contribution in [3.8, 4) is 0 Å². The first-order valence-electron chi connectivity index (χ1n) is 5.99. The van der Waals surface area contributed by atoms with Gasteiger partial charge in [-0.1, -0.05) is 27.2 Å². The molecule has 0 aliphatic carbocycles. The van der Waals surface area contributed by atoms with Crippen LogP contribution in [0.3, 0.4) is 0 Å². The number of aliphatic hydroxyl groups is 1. The molecule has 0 radical (unpaired) electrons. The topological polar surface area (TPSA) is 57.6 Å². The monoisotopic (exact) mass is 249 g/mol. The van der Waals surface area contributed by atoms with Crippen molar-refractivity contribution in [1.29, 1.82) is 0 Å². The maximum absolute atomic E-state index is 11.8. The zero-order valence-electron chi connectivity index (χ0n) is 10.4. The van der Waals surface area contributed by atoms with Gasteiger partial charge in [0.05, 0.1) is 11.4 Å². The summed E-state index contributed by atoms with van der Waals surface area (Å²) in [6.07, 6.45) is 2.25. The fourth-order valence-electron chi connectivity index (χ4n) is 1.94. The number of rotatable bonds is 6. The van der Waals surface area contributed by atoms with Crippen molar-refractivity contribution >= 4 is 10.0 Å². The van der Waals surface area contributed by atoms with Gasteiger partial charge in [0.15, 0.2) is 0 Å². The van der Waals surface area contributed by atoms with E-state index in [1.807, 2.05) is 20.8 Å². The van der Waals surface area contributed by atoms with Crippen LogP contribution in [0.25, 0.3) is 0 Å². The highest BCUT2D eigenvalue weighted by atomic mass is 32.2. The predicted molar refractivity (Wildman–Crippen MR) is 64.7 cm³/mol. The minimum Gasteiger partial charge on any atom is -0.387 e. The van der Waals surface area contributed by atoms with Crippen molar-refractivity contribution in [2.45, 2.75) is 45.6 Å². The fourth-order valence-corrected chi connectivity index (χ4v) is 3.85. The van der Waals surface area contributed by atoms with E-state index in [4.69, 9.17) is 0 Å². The lowest BCUT2D eigenvalue weighted by Crippen LogP contribution is -2.63. The Morgan fingerprint density at radius 2 is 1.94 bits per heavy atom. The fraction of sp³-hybridized carbons (Fsp3) is 1.00. The number of sulfonamides is 1. The molecule has 1 aliphatic heterocycles. The first-order valence-corrected chi connectivity index (χ1v) is 7.60. The van der Waals surface area contributed by atoms with E-state index in [9.17, 15) is 13.5 Å². The normalized spacial score (nSPS) is 21.1. The SMILES string of the molecule is CCCC1(O)CN(S(=O)(=O)CCC(C)C)C1. The van der Waals surface area contributed by atoms with Crippen molar-refractivity contribution < 1.29 is 13.5 Å². The van der Waals surface area contributed by atoms with E-state index in [1.165, 1.54) is 4.31 Å². The maximum Gasteiger partial charge on any atom is 0.214 e. The van der Waals surface area contributed by atoms with Crippen LogP contribution in [-0.4, -0.2) is 42.3 Å². The van der Waals surface area contributed by atoms with Gasteiger partial charge in [0.2, 0.25) is 10.0 Å². The third-order valence-corrected chi connectivity index (χ3v) is 4.80. The molecule has 1 aliphatic rings. The minimum absolute atomic E-state index is 0.201. The lowest BCUT2D eigenvalue weighted by molar-refractivity contribution is -0.0653. The molecule has 16 heavy (non-hydrogen) atoms. The Labute approximate surface area is 98.7 Å². The zero-order chi connectivity index (χ0) is 12.4. The summed E-state index contributed by atoms with van der Waals surface area (Å²) in [5.41, 5.74) is -0.764. The molecule has 0 atom stereocenters. The van der Waals surface area contributed by atoms with Crippen LogP contribution >= 0.6 is 0 Å². The van der Waals surface area contributed by atoms with Gasteiger partial charge in [-0.05, 0) is 18.8 Å². The van der Waals surface area contributed by atoms with Gasteiger partial charge in [0, 0.05) is 13.1 Å². The zero-order valence-corrected chi connectivity index (χ0v) is 11.3. The van der Waals surface area contributed by atoms with Crippen LogP contribution in [0.1, 0.15) is 40.0 Å². The summed E-state index contributed by atoms with van der Waals surface area (Å²) in [6.45, 7) is 6.58. The first-order chi connectivity index (χ1) is 7.29. The molecule has 5 heteroatoms. The maximum atomic E-state index is 11.8. The molecule has 0 saturated carbocycles. The summed E-state index contributed by atoms with van der Waals surface area (Å²) >= 11 is 0. The van der Waals surface area contributed by atoms with Gasteiger partial charge in [-0.15, -0.1) is 0 Å². The van der Waals surface area contributed by atoms with E-state index in [-0.39, 0.29) is 18.8 Å². The predicted octanol–water partition coefficient (Wildman–Crippen LogP) is 1.21. The molecule has 0 aromatic heterocycles. The second-order valence-corrected chi connectivity index (χ2v) is 7.33. The number of nitrogens with zero attached hydrogens (tertiary/aromatic N) is 1. The molecular weight excluding hydrogens is 226 g/mol. The van der Waals surface area contributed by atoms with Gasteiger partial charge in [0.1, 0.15) is 0 Å². The van der Waals surface area contributed by atoms with Crippen LogP contribution in [0.4, 0.5) is 0 Å². The van der Waals surface area contributed by atoms with E-state index in [2.05, 4.69) is 0 Å². The van der Waals surface area contributed by atoms with Crippen LogP contribution in [-0.2, 0) is 10.0 Å². The van der Waals surface area contributed by atoms with Crippen LogP contribution in [0, 0.1) is 5.92 Å². The molecule has 1 heterocycles. The van der Waals surface area contributed by atoms with Crippen molar-refractivity contribution in [3.63, 3.8) is 0 Å². The van der Waals surface area contributed by atoms with Crippen molar-refractivity contribution in [2.24, 2.45) is 5.92 Å². The van der Waals surface area contributed by atoms with E-state index in [0.29, 0.717) is 18.8 Å². The molecule has 0 spiro atoms. The van der Waals surface area contributed by atoms with Crippen LogP contribution in [0.15, 0.2) is 0 Å². The first kappa shape index (κ1) is 13.9. The average Bonchev–Trinajstić information content (AvgIpc) is 2.11. The van der Waals surface area contributed by atoms with Crippen LogP contribution < -0.4 is 0 Å². The third kappa shape index (κ3) is 3.43. The Morgan fingerprint density at radius 3 is 2.38 bits per heavy atom. The molecule has 1 rings (SSSR count). The summed E-state index contributed by atoms with van der Waals surface area (Å²) in [5, 5.41) is 9.92. The number of hydrogen-bond donors (Lipinski definition) is 1. The van der Waals surface area contributed by atoms with Gasteiger partial charge in [0.25, 0.3) is 0 Å². The van der Waals surface area contributed by atoms with Gasteiger partial charge in [-0.2, -0.15) is 4.31 Å². The second kappa shape index (κ2) is 5.02. The van der Waals surface area contributed by atoms with Crippen LogP contribution in [0.2, 0.25) is 0 Å². The standard InChI is InChI=1S/C11H23NO3S/c1-4-6-11(13)8-12(9-11)16(14,15)7-5-10(2)3/h10,13H,4-9H2,1-3H3. The molecule has 1 saturated heterocycles. The Bertz CT molecular complexity index is 318. The summed E-state index contributed by atoms with van der Waals surface area (Å²) < 4.78 is 25.1. The third-order valence-electron chi connectivity index (χ3n) is 3.00. The number of hydrogen-bond acceptors (Lipinski definition) is 3. The summed E-state index contributed by atoms with van der Waals surface area (Å²) in [5.74, 6) is 0.595. The molecule has 0 bridgehead atoms. The highest BCUT2D eigenvalue weighted by molar-refractivity contribution is 7.89. The van der Waals surface area contributed by atoms with E-state index in [0.717, 1.165) is 6.42 Å². The highest BCUT2D eigenvalue weighted by Crippen LogP contribution is 2.28. The molecule has 1 N–H and O–H groups in total. The lowest BCUT2D eigenvalue weighted by atomic mass is 9.92. The second-order valence-electron chi connectivity index (χ2n) is 5.24. The molecule has 4 nitrogen and oxygen atoms in total. The summed E-state index contributed by atoms with van der Waals surface area (Å²) in [7, 11) is -3.13.